The minimum atomic E-state index is -0.126. The number of amides is 1. The standard InChI is InChI=1S/C25H22N4OS/c1-18-23(24(30)28-15-20-11-6-3-7-12-20)31-25(29-18)22-17-26-21(16-27-22)14-8-13-19-9-4-2-5-10-19/h2-12,14,16-17H,13,15H2,1H3,(H,28,30). The molecule has 6 heteroatoms. The number of carbonyl (C=O) groups is 1. The molecule has 0 saturated heterocycles. The molecule has 2 aromatic carbocycles. The normalized spacial score (nSPS) is 11.0. The van der Waals surface area contributed by atoms with Crippen molar-refractivity contribution in [2.75, 3.05) is 0 Å². The van der Waals surface area contributed by atoms with Crippen molar-refractivity contribution in [1.82, 2.24) is 20.3 Å². The Morgan fingerprint density at radius 1 is 0.968 bits per heavy atom. The van der Waals surface area contributed by atoms with Crippen molar-refractivity contribution >= 4 is 23.3 Å². The van der Waals surface area contributed by atoms with Crippen molar-refractivity contribution in [3.63, 3.8) is 0 Å². The van der Waals surface area contributed by atoms with Gasteiger partial charge in [0.2, 0.25) is 0 Å². The van der Waals surface area contributed by atoms with E-state index in [1.807, 2.05) is 61.5 Å². The fraction of sp³-hybridized carbons (Fsp3) is 0.120. The predicted molar refractivity (Wildman–Crippen MR) is 125 cm³/mol. The molecule has 1 amide bonds. The molecule has 2 heterocycles. The molecular formula is C25H22N4OS. The molecule has 0 saturated carbocycles. The van der Waals surface area contributed by atoms with E-state index in [2.05, 4.69) is 38.5 Å². The molecule has 0 aliphatic heterocycles. The lowest BCUT2D eigenvalue weighted by Crippen LogP contribution is -2.22. The molecule has 0 aliphatic carbocycles. The molecule has 1 N–H and O–H groups in total. The fourth-order valence-corrected chi connectivity index (χ4v) is 3.98. The molecule has 154 valence electrons. The van der Waals surface area contributed by atoms with E-state index in [9.17, 15) is 4.79 Å². The first-order valence-electron chi connectivity index (χ1n) is 10.0. The second kappa shape index (κ2) is 9.91. The molecule has 31 heavy (non-hydrogen) atoms. The predicted octanol–water partition coefficient (Wildman–Crippen LogP) is 5.09. The molecule has 0 bridgehead atoms. The lowest BCUT2D eigenvalue weighted by molar-refractivity contribution is 0.0954. The van der Waals surface area contributed by atoms with Crippen molar-refractivity contribution in [1.29, 1.82) is 0 Å². The van der Waals surface area contributed by atoms with E-state index in [1.54, 1.807) is 12.4 Å². The van der Waals surface area contributed by atoms with E-state index in [1.165, 1.54) is 16.9 Å². The zero-order valence-electron chi connectivity index (χ0n) is 17.2. The Morgan fingerprint density at radius 2 is 1.68 bits per heavy atom. The van der Waals surface area contributed by atoms with Crippen LogP contribution in [0.15, 0.2) is 79.1 Å². The van der Waals surface area contributed by atoms with Crippen LogP contribution in [0.3, 0.4) is 0 Å². The number of nitrogens with one attached hydrogen (secondary N) is 1. The maximum atomic E-state index is 12.6. The van der Waals surface area contributed by atoms with E-state index >= 15 is 0 Å². The minimum absolute atomic E-state index is 0.126. The number of aryl methyl sites for hydroxylation is 1. The third-order valence-corrected chi connectivity index (χ3v) is 5.85. The maximum Gasteiger partial charge on any atom is 0.263 e. The monoisotopic (exact) mass is 426 g/mol. The number of hydrogen-bond acceptors (Lipinski definition) is 5. The molecule has 0 aliphatic rings. The summed E-state index contributed by atoms with van der Waals surface area (Å²) in [7, 11) is 0. The van der Waals surface area contributed by atoms with Gasteiger partial charge in [0.25, 0.3) is 5.91 Å². The fourth-order valence-electron chi connectivity index (χ4n) is 3.04. The summed E-state index contributed by atoms with van der Waals surface area (Å²) in [6.07, 6.45) is 8.30. The van der Waals surface area contributed by atoms with E-state index in [0.717, 1.165) is 17.7 Å². The smallest absolute Gasteiger partial charge is 0.263 e. The van der Waals surface area contributed by atoms with Crippen LogP contribution in [0.2, 0.25) is 0 Å². The highest BCUT2D eigenvalue weighted by atomic mass is 32.1. The second-order valence-electron chi connectivity index (χ2n) is 7.02. The summed E-state index contributed by atoms with van der Waals surface area (Å²) in [5.74, 6) is -0.126. The summed E-state index contributed by atoms with van der Waals surface area (Å²) >= 11 is 1.33. The quantitative estimate of drug-likeness (QED) is 0.447. The molecular weight excluding hydrogens is 404 g/mol. The van der Waals surface area contributed by atoms with Gasteiger partial charge < -0.3 is 5.32 Å². The molecule has 0 unspecified atom stereocenters. The average Bonchev–Trinajstić information content (AvgIpc) is 3.21. The van der Waals surface area contributed by atoms with Crippen LogP contribution in [0.1, 0.15) is 32.2 Å². The van der Waals surface area contributed by atoms with Gasteiger partial charge in [-0.1, -0.05) is 66.7 Å². The molecule has 5 nitrogen and oxygen atoms in total. The summed E-state index contributed by atoms with van der Waals surface area (Å²) in [5, 5.41) is 3.64. The van der Waals surface area contributed by atoms with E-state index in [0.29, 0.717) is 27.8 Å². The van der Waals surface area contributed by atoms with Crippen LogP contribution in [0.25, 0.3) is 16.8 Å². The van der Waals surface area contributed by atoms with Crippen molar-refractivity contribution < 1.29 is 4.79 Å². The van der Waals surface area contributed by atoms with Gasteiger partial charge in [-0.3, -0.25) is 9.78 Å². The Bertz CT molecular complexity index is 1170. The van der Waals surface area contributed by atoms with Crippen LogP contribution in [0.5, 0.6) is 0 Å². The zero-order chi connectivity index (χ0) is 21.5. The Balaban J connectivity index is 1.40. The van der Waals surface area contributed by atoms with Gasteiger partial charge in [-0.2, -0.15) is 0 Å². The van der Waals surface area contributed by atoms with Crippen LogP contribution >= 0.6 is 11.3 Å². The Kier molecular flexibility index (Phi) is 6.59. The molecule has 0 atom stereocenters. The highest BCUT2D eigenvalue weighted by Crippen LogP contribution is 2.26. The second-order valence-corrected chi connectivity index (χ2v) is 8.02. The van der Waals surface area contributed by atoms with Crippen molar-refractivity contribution in [2.45, 2.75) is 19.9 Å². The summed E-state index contributed by atoms with van der Waals surface area (Å²) in [6, 6.07) is 20.1. The van der Waals surface area contributed by atoms with Crippen LogP contribution in [0, 0.1) is 6.92 Å². The van der Waals surface area contributed by atoms with Gasteiger partial charge in [0.15, 0.2) is 0 Å². The summed E-state index contributed by atoms with van der Waals surface area (Å²) in [4.78, 5) is 26.7. The van der Waals surface area contributed by atoms with Gasteiger partial charge in [0.1, 0.15) is 15.6 Å². The number of carbonyl (C=O) groups excluding carboxylic acids is 1. The highest BCUT2D eigenvalue weighted by Gasteiger charge is 2.16. The first kappa shape index (κ1) is 20.6. The molecule has 0 fully saturated rings. The van der Waals surface area contributed by atoms with Gasteiger partial charge in [-0.15, -0.1) is 11.3 Å². The van der Waals surface area contributed by atoms with E-state index < -0.39 is 0 Å². The number of allylic oxidation sites excluding steroid dienone is 1. The lowest BCUT2D eigenvalue weighted by atomic mass is 10.1. The van der Waals surface area contributed by atoms with Crippen LogP contribution in [0.4, 0.5) is 0 Å². The van der Waals surface area contributed by atoms with E-state index in [-0.39, 0.29) is 5.91 Å². The van der Waals surface area contributed by atoms with Gasteiger partial charge in [0, 0.05) is 6.54 Å². The van der Waals surface area contributed by atoms with Crippen LogP contribution < -0.4 is 5.32 Å². The highest BCUT2D eigenvalue weighted by molar-refractivity contribution is 7.17. The molecule has 4 aromatic rings. The number of thiazole rings is 1. The van der Waals surface area contributed by atoms with Crippen molar-refractivity contribution in [3.8, 4) is 10.7 Å². The first-order chi connectivity index (χ1) is 15.2. The Morgan fingerprint density at radius 3 is 2.35 bits per heavy atom. The molecule has 2 aromatic heterocycles. The van der Waals surface area contributed by atoms with Crippen molar-refractivity contribution in [2.24, 2.45) is 0 Å². The number of nitrogens with zero attached hydrogens (tertiary/aromatic N) is 3. The third kappa shape index (κ3) is 5.49. The first-order valence-corrected chi connectivity index (χ1v) is 10.8. The topological polar surface area (TPSA) is 67.8 Å². The number of aromatic nitrogens is 3. The lowest BCUT2D eigenvalue weighted by Gasteiger charge is -2.03. The SMILES string of the molecule is Cc1nc(-c2cnc(C=CCc3ccccc3)cn2)sc1C(=O)NCc1ccccc1. The van der Waals surface area contributed by atoms with Crippen LogP contribution in [-0.2, 0) is 13.0 Å². The zero-order valence-corrected chi connectivity index (χ0v) is 18.0. The third-order valence-electron chi connectivity index (χ3n) is 4.67. The van der Waals surface area contributed by atoms with Gasteiger partial charge in [0.05, 0.1) is 23.8 Å². The molecule has 0 spiro atoms. The number of benzene rings is 2. The maximum absolute atomic E-state index is 12.6. The molecule has 4 rings (SSSR count). The minimum Gasteiger partial charge on any atom is -0.347 e. The Labute approximate surface area is 185 Å². The summed E-state index contributed by atoms with van der Waals surface area (Å²) < 4.78 is 0. The van der Waals surface area contributed by atoms with Gasteiger partial charge in [-0.05, 0) is 30.5 Å². The largest absolute Gasteiger partial charge is 0.347 e. The number of hydrogen-bond donors (Lipinski definition) is 1. The Hall–Kier alpha value is -3.64. The summed E-state index contributed by atoms with van der Waals surface area (Å²) in [6.45, 7) is 2.32. The summed E-state index contributed by atoms with van der Waals surface area (Å²) in [5.41, 5.74) is 4.45. The van der Waals surface area contributed by atoms with E-state index in [4.69, 9.17) is 0 Å². The van der Waals surface area contributed by atoms with Gasteiger partial charge in [-0.25, -0.2) is 9.97 Å². The van der Waals surface area contributed by atoms with Crippen LogP contribution in [-0.4, -0.2) is 20.9 Å². The average molecular weight is 427 g/mol. The molecule has 0 radical (unpaired) electrons. The van der Waals surface area contributed by atoms with Crippen molar-refractivity contribution in [3.05, 3.63) is 107 Å². The van der Waals surface area contributed by atoms with Gasteiger partial charge >= 0.3 is 0 Å². The number of rotatable bonds is 7.